The molecule has 0 saturated carbocycles. The third kappa shape index (κ3) is 17.3. The third-order valence-corrected chi connectivity index (χ3v) is 10.9. The lowest BCUT2D eigenvalue weighted by Crippen LogP contribution is -2.70. The fraction of sp³-hybridized carbons (Fsp3) is 0.950. The van der Waals surface area contributed by atoms with Gasteiger partial charge >= 0.3 is 0 Å². The van der Waals surface area contributed by atoms with Crippen LogP contribution in [0.2, 0.25) is 0 Å². The van der Waals surface area contributed by atoms with Crippen molar-refractivity contribution in [3.8, 4) is 0 Å². The first-order chi connectivity index (χ1) is 28.0. The van der Waals surface area contributed by atoms with Crippen molar-refractivity contribution >= 4 is 68.1 Å². The zero-order valence-electron chi connectivity index (χ0n) is 29.6. The number of rotatable bonds is 22. The summed E-state index contributed by atoms with van der Waals surface area (Å²) in [6, 6.07) is -5.30. The molecule has 3 fully saturated rings. The van der Waals surface area contributed by atoms with Crippen LogP contribution in [0.1, 0.15) is 0 Å². The van der Waals surface area contributed by atoms with Gasteiger partial charge in [-0.1, -0.05) is 0 Å². The highest BCUT2D eigenvalue weighted by Crippen LogP contribution is 2.34. The monoisotopic (exact) mass is 1030 g/mol. The first kappa shape index (κ1) is 54.6. The van der Waals surface area contributed by atoms with Crippen molar-refractivity contribution in [3.05, 3.63) is 0 Å². The van der Waals surface area contributed by atoms with E-state index in [4.69, 9.17) is 28.4 Å². The summed E-state index contributed by atoms with van der Waals surface area (Å²) in [6.07, 6.45) is -35.3. The Morgan fingerprint density at radius 2 is 1.05 bits per heavy atom. The Labute approximate surface area is 348 Å². The van der Waals surface area contributed by atoms with E-state index in [0.717, 1.165) is 9.44 Å². The molecule has 3 saturated heterocycles. The van der Waals surface area contributed by atoms with Crippen molar-refractivity contribution in [1.29, 1.82) is 0 Å². The number of carbonyl (C=O) groups excluding carboxylic acids is 1. The van der Waals surface area contributed by atoms with Crippen LogP contribution in [-0.2, 0) is 108 Å². The van der Waals surface area contributed by atoms with Gasteiger partial charge in [-0.05, 0) is 0 Å². The summed E-state index contributed by atoms with van der Waals surface area (Å²) in [4.78, 5) is 12.3. The van der Waals surface area contributed by atoms with Gasteiger partial charge in [-0.2, -0.15) is 0 Å². The second kappa shape index (κ2) is 20.9. The Hall–Kier alpha value is -1.71. The molecular weight excluding hydrogens is 1000 g/mol. The number of carbonyl (C=O) groups is 1. The molecule has 0 radical (unpaired) electrons. The van der Waals surface area contributed by atoms with Gasteiger partial charge < -0.3 is 86.1 Å². The van der Waals surface area contributed by atoms with E-state index >= 15 is 0 Å². The van der Waals surface area contributed by atoms with Crippen molar-refractivity contribution < 1.29 is 149 Å². The predicted molar refractivity (Wildman–Crippen MR) is 168 cm³/mol. The minimum absolute atomic E-state index is 1.01. The summed E-state index contributed by atoms with van der Waals surface area (Å²) < 4.78 is 252. The molecule has 0 aromatic heterocycles. The molecule has 15 atom stereocenters. The molecule has 42 heteroatoms. The molecule has 0 unspecified atom stereocenters. The Morgan fingerprint density at radius 3 is 1.53 bits per heavy atom. The van der Waals surface area contributed by atoms with Gasteiger partial charge in [0.2, 0.25) is 31.2 Å². The van der Waals surface area contributed by atoms with E-state index < -0.39 is 186 Å². The second-order valence-electron chi connectivity index (χ2n) is 12.3. The van der Waals surface area contributed by atoms with E-state index in [9.17, 15) is 108 Å². The largest absolute Gasteiger partial charge is 0.735 e. The van der Waals surface area contributed by atoms with Gasteiger partial charge in [-0.3, -0.25) is 12.5 Å². The summed E-state index contributed by atoms with van der Waals surface area (Å²) in [5, 5.41) is 55.2. The Balaban J connectivity index is 2.07. The fourth-order valence-corrected chi connectivity index (χ4v) is 8.21. The maximum atomic E-state index is 12.3. The molecule has 0 spiro atoms. The summed E-state index contributed by atoms with van der Waals surface area (Å²) >= 11 is 0. The van der Waals surface area contributed by atoms with E-state index in [1.54, 1.807) is 0 Å². The fourth-order valence-electron chi connectivity index (χ4n) is 5.61. The number of hydrogen-bond acceptors (Lipinski definition) is 33. The lowest BCUT2D eigenvalue weighted by molar-refractivity contribution is -0.380. The van der Waals surface area contributed by atoms with Crippen molar-refractivity contribution in [2.75, 3.05) is 26.4 Å². The van der Waals surface area contributed by atoms with Gasteiger partial charge in [0.15, 0.2) is 49.8 Å². The zero-order chi connectivity index (χ0) is 47.6. The smallest absolute Gasteiger partial charge is 0.218 e. The molecule has 0 aromatic carbocycles. The van der Waals surface area contributed by atoms with Crippen molar-refractivity contribution in [3.63, 3.8) is 0 Å². The Bertz CT molecular complexity index is 2220. The average Bonchev–Trinajstić information content (AvgIpc) is 3.07. The van der Waals surface area contributed by atoms with Crippen molar-refractivity contribution in [1.82, 2.24) is 14.2 Å². The number of ether oxygens (including phenoxy) is 6. The minimum Gasteiger partial charge on any atom is -0.735 e. The number of aliphatic hydroxyl groups excluding tert-OH is 4. The van der Waals surface area contributed by atoms with Gasteiger partial charge in [0.25, 0.3) is 0 Å². The van der Waals surface area contributed by atoms with Gasteiger partial charge in [-0.15, -0.1) is 0 Å². The molecule has 0 aliphatic carbocycles. The lowest BCUT2D eigenvalue weighted by Gasteiger charge is -2.50. The van der Waals surface area contributed by atoms with Crippen molar-refractivity contribution in [2.45, 2.75) is 92.0 Å². The highest BCUT2D eigenvalue weighted by molar-refractivity contribution is 7.84. The number of carboxylic acids is 1. The molecule has 0 bridgehead atoms. The first-order valence-corrected chi connectivity index (χ1v) is 24.0. The molecule has 366 valence electrons. The topological polar surface area (TPSA) is 583 Å². The Morgan fingerprint density at radius 1 is 0.548 bits per heavy atom. The van der Waals surface area contributed by atoms with Crippen molar-refractivity contribution in [2.24, 2.45) is 0 Å². The van der Waals surface area contributed by atoms with Gasteiger partial charge in [0, 0.05) is 6.54 Å². The summed E-state index contributed by atoms with van der Waals surface area (Å²) in [5.41, 5.74) is 0. The number of hydrogen-bond donors (Lipinski definition) is 7. The maximum Gasteiger partial charge on any atom is 0.218 e. The molecular formula is C20H30N3O33S6-7. The van der Waals surface area contributed by atoms with Crippen LogP contribution in [0.3, 0.4) is 0 Å². The van der Waals surface area contributed by atoms with Gasteiger partial charge in [0.05, 0.1) is 25.8 Å². The van der Waals surface area contributed by atoms with E-state index in [1.807, 2.05) is 0 Å². The predicted octanol–water partition coefficient (Wildman–Crippen LogP) is -13.2. The molecule has 62 heavy (non-hydrogen) atoms. The summed E-state index contributed by atoms with van der Waals surface area (Å²) in [5.74, 6) is -2.53. The first-order valence-electron chi connectivity index (χ1n) is 15.8. The Kier molecular flexibility index (Phi) is 18.4. The standard InChI is InChI=1S/C20H37N3O33S6/c24-9-5(3-49-60(39,40)41)51-19(7(10(9)25)22-58(33,34)35)54-15-11(26)12(27)20(55-16(15)17(28)29)53-13-6(4-50-61(42,43)44)52-18(48-2-1-21-57(30,31)32)8(23-59(36,37)38)14(13)56-62(45,46)47/h5-16,18-27H,1-4H2,(H,28,29)(H,30,31,32)(H,33,34,35)(H,36,37,38)(H,39,40,41)(H,42,43,44)(H,45,46,47)/p-7/t5-,6-,7-,8-,9-,10-,11-,12-,13-,14-,15+,16+,18+,19-,20-/m1/s1. The highest BCUT2D eigenvalue weighted by atomic mass is 32.3. The molecule has 36 nitrogen and oxygen atoms in total. The van der Waals surface area contributed by atoms with Crippen LogP contribution in [0, 0.1) is 0 Å². The van der Waals surface area contributed by atoms with Crippen LogP contribution in [0.15, 0.2) is 0 Å². The van der Waals surface area contributed by atoms with E-state index in [1.165, 1.54) is 4.72 Å². The third-order valence-electron chi connectivity index (χ3n) is 7.91. The van der Waals surface area contributed by atoms with E-state index in [-0.39, 0.29) is 0 Å². The number of nitrogens with one attached hydrogen (secondary N) is 3. The van der Waals surface area contributed by atoms with Crippen LogP contribution in [0.5, 0.6) is 0 Å². The zero-order valence-corrected chi connectivity index (χ0v) is 34.5. The molecule has 3 heterocycles. The normalized spacial score (nSPS) is 35.7. The summed E-state index contributed by atoms with van der Waals surface area (Å²) in [6.45, 7) is -5.33. The molecule has 7 N–H and O–H groups in total. The van der Waals surface area contributed by atoms with E-state index in [0.29, 0.717) is 0 Å². The molecule has 3 aliphatic heterocycles. The number of aliphatic hydroxyl groups is 4. The average molecular weight is 1030 g/mol. The lowest BCUT2D eigenvalue weighted by atomic mass is 9.95. The SMILES string of the molecule is O=C([O-])[C@H]1O[C@@H](O[C@H]2[C@H](OS(=O)(=O)[O-])[C@@H](NS(=O)(=O)[O-])[C@@H](OCCNS(=O)(=O)[O-])O[C@@H]2COS(=O)(=O)[O-])[C@H](O)[C@@H](O)[C@@H]1O[C@H]1O[C@H](COS(=O)(=O)[O-])[C@@H](O)[C@H](O)[C@H]1NS(=O)(=O)[O-]. The van der Waals surface area contributed by atoms with Crippen LogP contribution < -0.4 is 19.3 Å². The minimum atomic E-state index is -6.23. The second-order valence-corrected chi connectivity index (χ2v) is 18.9. The molecule has 3 rings (SSSR count). The van der Waals surface area contributed by atoms with Crippen LogP contribution in [0.25, 0.3) is 0 Å². The summed E-state index contributed by atoms with van der Waals surface area (Å²) in [7, 11) is -34.5. The van der Waals surface area contributed by atoms with Crippen LogP contribution in [-0.4, -0.2) is 223 Å². The number of carboxylic acid groups (broad SMARTS) is 1. The van der Waals surface area contributed by atoms with Crippen LogP contribution in [0.4, 0.5) is 0 Å². The molecule has 3 aliphatic rings. The van der Waals surface area contributed by atoms with Gasteiger partial charge in [-0.25, -0.2) is 64.7 Å². The highest BCUT2D eigenvalue weighted by Gasteiger charge is 2.56. The molecule has 0 aromatic rings. The quantitative estimate of drug-likeness (QED) is 0.0301. The van der Waals surface area contributed by atoms with Gasteiger partial charge in [0.1, 0.15) is 73.1 Å². The van der Waals surface area contributed by atoms with Crippen LogP contribution >= 0.6 is 0 Å². The number of aliphatic carboxylic acids is 1. The van der Waals surface area contributed by atoms with E-state index in [2.05, 4.69) is 12.5 Å². The maximum absolute atomic E-state index is 12.3. The molecule has 0 amide bonds.